The van der Waals surface area contributed by atoms with Crippen LogP contribution in [0.25, 0.3) is 0 Å². The van der Waals surface area contributed by atoms with Crippen molar-refractivity contribution in [2.45, 2.75) is 24.2 Å². The first-order valence-electron chi connectivity index (χ1n) is 11.0. The van der Waals surface area contributed by atoms with Crippen molar-refractivity contribution >= 4 is 27.5 Å². The summed E-state index contributed by atoms with van der Waals surface area (Å²) in [6.07, 6.45) is 2.20. The molecule has 0 bridgehead atoms. The van der Waals surface area contributed by atoms with E-state index in [-0.39, 0.29) is 5.91 Å². The highest BCUT2D eigenvalue weighted by atomic mass is 32.2. The summed E-state index contributed by atoms with van der Waals surface area (Å²) in [5.41, 5.74) is 2.71. The Hall–Kier alpha value is -2.91. The molecule has 3 heterocycles. The standard InChI is InChI=1S/C23H26N4O4S/c28-22-9-7-17-6-8-18(16-20(17)24-22)31-15-3-10-26-11-13-27(14-12-26)23-19-4-1-2-5-21(19)32(29,30)25-23/h1-2,4-6,8,16H,3,7,9-15H2,(H,24,28). The van der Waals surface area contributed by atoms with Crippen LogP contribution in [0, 0.1) is 0 Å². The monoisotopic (exact) mass is 454 g/mol. The molecule has 8 nitrogen and oxygen atoms in total. The number of aryl methyl sites for hydroxylation is 1. The molecule has 1 N–H and O–H groups in total. The van der Waals surface area contributed by atoms with Crippen LogP contribution in [0.4, 0.5) is 5.69 Å². The van der Waals surface area contributed by atoms with Gasteiger partial charge in [0, 0.05) is 56.5 Å². The Morgan fingerprint density at radius 1 is 1.03 bits per heavy atom. The Balaban J connectivity index is 1.09. The second kappa shape index (κ2) is 8.55. The molecule has 0 radical (unpaired) electrons. The summed E-state index contributed by atoms with van der Waals surface area (Å²) >= 11 is 0. The Kier molecular flexibility index (Phi) is 5.60. The Bertz CT molecular complexity index is 1170. The molecule has 168 valence electrons. The largest absolute Gasteiger partial charge is 0.493 e. The van der Waals surface area contributed by atoms with Crippen molar-refractivity contribution in [3.63, 3.8) is 0 Å². The number of carbonyl (C=O) groups excluding carboxylic acids is 1. The lowest BCUT2D eigenvalue weighted by Crippen LogP contribution is -2.49. The lowest BCUT2D eigenvalue weighted by molar-refractivity contribution is -0.116. The molecule has 5 rings (SSSR count). The zero-order valence-electron chi connectivity index (χ0n) is 17.8. The molecule has 9 heteroatoms. The quantitative estimate of drug-likeness (QED) is 0.696. The van der Waals surface area contributed by atoms with E-state index >= 15 is 0 Å². The van der Waals surface area contributed by atoms with Crippen molar-refractivity contribution in [1.82, 2.24) is 9.80 Å². The van der Waals surface area contributed by atoms with E-state index < -0.39 is 10.0 Å². The van der Waals surface area contributed by atoms with Crippen LogP contribution in [0.15, 0.2) is 51.8 Å². The van der Waals surface area contributed by atoms with Gasteiger partial charge in [-0.3, -0.25) is 9.69 Å². The van der Waals surface area contributed by atoms with Gasteiger partial charge in [-0.1, -0.05) is 18.2 Å². The molecule has 3 aliphatic heterocycles. The minimum absolute atomic E-state index is 0.0541. The predicted molar refractivity (Wildman–Crippen MR) is 122 cm³/mol. The van der Waals surface area contributed by atoms with Gasteiger partial charge in [-0.15, -0.1) is 4.40 Å². The number of nitrogens with one attached hydrogen (secondary N) is 1. The molecule has 0 aliphatic carbocycles. The zero-order valence-corrected chi connectivity index (χ0v) is 18.6. The molecule has 1 amide bonds. The number of carbonyl (C=O) groups is 1. The van der Waals surface area contributed by atoms with Gasteiger partial charge in [0.25, 0.3) is 10.0 Å². The minimum Gasteiger partial charge on any atom is -0.493 e. The number of rotatable bonds is 5. The topological polar surface area (TPSA) is 91.3 Å². The first-order valence-corrected chi connectivity index (χ1v) is 12.4. The van der Waals surface area contributed by atoms with E-state index in [4.69, 9.17) is 4.74 Å². The number of hydrogen-bond donors (Lipinski definition) is 1. The second-order valence-electron chi connectivity index (χ2n) is 8.28. The molecule has 32 heavy (non-hydrogen) atoms. The van der Waals surface area contributed by atoms with E-state index in [1.807, 2.05) is 30.3 Å². The van der Waals surface area contributed by atoms with Gasteiger partial charge in [0.15, 0.2) is 5.84 Å². The summed E-state index contributed by atoms with van der Waals surface area (Å²) in [5, 5.41) is 2.90. The first-order chi connectivity index (χ1) is 15.5. The first kappa shape index (κ1) is 21.0. The van der Waals surface area contributed by atoms with Crippen LogP contribution in [0.5, 0.6) is 5.75 Å². The Morgan fingerprint density at radius 3 is 2.69 bits per heavy atom. The summed E-state index contributed by atoms with van der Waals surface area (Å²) in [4.78, 5) is 16.3. The van der Waals surface area contributed by atoms with Crippen LogP contribution in [0.2, 0.25) is 0 Å². The molecule has 0 spiro atoms. The Morgan fingerprint density at radius 2 is 1.84 bits per heavy atom. The molecule has 3 aliphatic rings. The smallest absolute Gasteiger partial charge is 0.285 e. The fraction of sp³-hybridized carbons (Fsp3) is 0.391. The van der Waals surface area contributed by atoms with Crippen LogP contribution >= 0.6 is 0 Å². The van der Waals surface area contributed by atoms with Gasteiger partial charge in [-0.25, -0.2) is 0 Å². The third kappa shape index (κ3) is 4.22. The van der Waals surface area contributed by atoms with Crippen molar-refractivity contribution in [3.05, 3.63) is 53.6 Å². The number of benzene rings is 2. The number of fused-ring (bicyclic) bond motifs is 2. The van der Waals surface area contributed by atoms with E-state index in [1.54, 1.807) is 12.1 Å². The summed E-state index contributed by atoms with van der Waals surface area (Å²) < 4.78 is 34.5. The van der Waals surface area contributed by atoms with Crippen LogP contribution in [0.1, 0.15) is 24.0 Å². The van der Waals surface area contributed by atoms with Crippen LogP contribution < -0.4 is 10.1 Å². The van der Waals surface area contributed by atoms with Crippen LogP contribution in [-0.2, 0) is 21.2 Å². The van der Waals surface area contributed by atoms with Gasteiger partial charge in [0.05, 0.1) is 6.61 Å². The molecular weight excluding hydrogens is 428 g/mol. The average Bonchev–Trinajstić information content (AvgIpc) is 3.08. The highest BCUT2D eigenvalue weighted by Gasteiger charge is 2.32. The highest BCUT2D eigenvalue weighted by Crippen LogP contribution is 2.28. The van der Waals surface area contributed by atoms with Crippen LogP contribution in [0.3, 0.4) is 0 Å². The number of nitrogens with zero attached hydrogens (tertiary/aromatic N) is 3. The third-order valence-corrected chi connectivity index (χ3v) is 7.47. The lowest BCUT2D eigenvalue weighted by atomic mass is 10.0. The molecule has 0 aromatic heterocycles. The lowest BCUT2D eigenvalue weighted by Gasteiger charge is -2.35. The second-order valence-corrected chi connectivity index (χ2v) is 9.86. The van der Waals surface area contributed by atoms with E-state index in [0.29, 0.717) is 29.3 Å². The highest BCUT2D eigenvalue weighted by molar-refractivity contribution is 7.90. The molecule has 0 saturated carbocycles. The molecule has 1 saturated heterocycles. The summed E-state index contributed by atoms with van der Waals surface area (Å²) in [6, 6.07) is 12.9. The Labute approximate surface area is 187 Å². The van der Waals surface area contributed by atoms with Gasteiger partial charge in [-0.2, -0.15) is 8.42 Å². The van der Waals surface area contributed by atoms with Gasteiger partial charge in [-0.05, 0) is 36.6 Å². The van der Waals surface area contributed by atoms with Crippen molar-refractivity contribution in [2.75, 3.05) is 44.6 Å². The predicted octanol–water partition coefficient (Wildman–Crippen LogP) is 2.11. The molecule has 1 fully saturated rings. The SMILES string of the molecule is O=C1CCc2ccc(OCCCN3CCN(C4=NS(=O)(=O)c5ccccc54)CC3)cc2N1. The number of piperazine rings is 1. The van der Waals surface area contributed by atoms with Gasteiger partial charge in [0.1, 0.15) is 10.6 Å². The number of anilines is 1. The molecule has 0 unspecified atom stereocenters. The fourth-order valence-electron chi connectivity index (χ4n) is 4.42. The number of hydrogen-bond acceptors (Lipinski definition) is 6. The van der Waals surface area contributed by atoms with Gasteiger partial charge >= 0.3 is 0 Å². The van der Waals surface area contributed by atoms with E-state index in [0.717, 1.165) is 62.6 Å². The average molecular weight is 455 g/mol. The molecule has 2 aromatic rings. The van der Waals surface area contributed by atoms with Crippen molar-refractivity contribution < 1.29 is 17.9 Å². The maximum absolute atomic E-state index is 12.3. The normalized spacial score (nSPS) is 19.7. The van der Waals surface area contributed by atoms with Gasteiger partial charge < -0.3 is 15.0 Å². The maximum atomic E-state index is 12.3. The van der Waals surface area contributed by atoms with Crippen molar-refractivity contribution in [3.8, 4) is 5.75 Å². The van der Waals surface area contributed by atoms with Crippen molar-refractivity contribution in [2.24, 2.45) is 4.40 Å². The minimum atomic E-state index is -3.58. The summed E-state index contributed by atoms with van der Waals surface area (Å²) in [6.45, 7) is 4.71. The maximum Gasteiger partial charge on any atom is 0.285 e. The fourth-order valence-corrected chi connectivity index (χ4v) is 5.65. The number of amides is 1. The third-order valence-electron chi connectivity index (χ3n) is 6.15. The summed E-state index contributed by atoms with van der Waals surface area (Å²) in [7, 11) is -3.58. The van der Waals surface area contributed by atoms with E-state index in [1.165, 1.54) is 0 Å². The zero-order chi connectivity index (χ0) is 22.1. The van der Waals surface area contributed by atoms with Gasteiger partial charge in [0.2, 0.25) is 5.91 Å². The van der Waals surface area contributed by atoms with E-state index in [9.17, 15) is 13.2 Å². The van der Waals surface area contributed by atoms with Crippen LogP contribution in [-0.4, -0.2) is 69.3 Å². The number of amidine groups is 1. The molecular formula is C23H26N4O4S. The molecule has 2 aromatic carbocycles. The number of ether oxygens (including phenoxy) is 1. The number of sulfonamides is 1. The van der Waals surface area contributed by atoms with E-state index in [2.05, 4.69) is 19.5 Å². The molecule has 0 atom stereocenters. The van der Waals surface area contributed by atoms with Crippen molar-refractivity contribution in [1.29, 1.82) is 0 Å². The summed E-state index contributed by atoms with van der Waals surface area (Å²) in [5.74, 6) is 1.40.